The number of carbonyl (C=O) groups excluding carboxylic acids is 2. The highest BCUT2D eigenvalue weighted by Crippen LogP contribution is 2.70. The number of ketones is 1. The molecule has 4 aliphatic carbocycles. The second kappa shape index (κ2) is 8.06. The number of aromatic nitrogens is 3. The molecule has 0 aromatic carbocycles. The number of fused-ring (bicyclic) bond motifs is 5. The smallest absolute Gasteiger partial charge is 0.303 e. The van der Waals surface area contributed by atoms with Crippen LogP contribution in [0.25, 0.3) is 0 Å². The predicted molar refractivity (Wildman–Crippen MR) is 125 cm³/mol. The van der Waals surface area contributed by atoms with E-state index in [0.29, 0.717) is 30.0 Å². The average molecular weight is 454 g/mol. The van der Waals surface area contributed by atoms with Gasteiger partial charge in [-0.15, -0.1) is 5.10 Å². The van der Waals surface area contributed by atoms with Gasteiger partial charge in [0.25, 0.3) is 0 Å². The topological polar surface area (TPSA) is 74.1 Å². The molecule has 0 saturated heterocycles. The van der Waals surface area contributed by atoms with Crippen LogP contribution in [0.2, 0.25) is 0 Å². The Morgan fingerprint density at radius 2 is 1.94 bits per heavy atom. The number of rotatable bonds is 5. The first-order valence-electron chi connectivity index (χ1n) is 13.1. The molecule has 3 fully saturated rings. The lowest BCUT2D eigenvalue weighted by Gasteiger charge is -2.59. The summed E-state index contributed by atoms with van der Waals surface area (Å²) in [4.78, 5) is 24.5. The minimum Gasteiger partial charge on any atom is -0.452 e. The van der Waals surface area contributed by atoms with Gasteiger partial charge in [0.1, 0.15) is 5.69 Å². The quantitative estimate of drug-likeness (QED) is 0.561. The van der Waals surface area contributed by atoms with E-state index in [4.69, 9.17) is 4.74 Å². The summed E-state index contributed by atoms with van der Waals surface area (Å²) in [5.74, 6) is 1.78. The summed E-state index contributed by atoms with van der Waals surface area (Å²) in [5, 5.41) is 9.00. The fourth-order valence-electron chi connectivity index (χ4n) is 8.36. The van der Waals surface area contributed by atoms with Crippen molar-refractivity contribution in [3.8, 4) is 0 Å². The summed E-state index contributed by atoms with van der Waals surface area (Å²) < 4.78 is 8.21. The molecule has 0 aliphatic heterocycles. The van der Waals surface area contributed by atoms with Crippen molar-refractivity contribution in [2.24, 2.45) is 28.6 Å². The van der Waals surface area contributed by atoms with Gasteiger partial charge in [0.15, 0.2) is 11.4 Å². The second-order valence-electron chi connectivity index (χ2n) is 11.6. The van der Waals surface area contributed by atoms with E-state index in [1.807, 2.05) is 17.0 Å². The summed E-state index contributed by atoms with van der Waals surface area (Å²) in [7, 11) is 0. The van der Waals surface area contributed by atoms with Gasteiger partial charge in [-0.3, -0.25) is 14.3 Å². The molecule has 0 amide bonds. The first-order valence-corrected chi connectivity index (χ1v) is 13.1. The van der Waals surface area contributed by atoms with Crippen LogP contribution in [0, 0.1) is 28.6 Å². The van der Waals surface area contributed by atoms with Gasteiger partial charge >= 0.3 is 5.97 Å². The lowest BCUT2D eigenvalue weighted by atomic mass is 9.46. The Hall–Kier alpha value is -1.98. The minimum atomic E-state index is -0.696. The van der Waals surface area contributed by atoms with E-state index in [-0.39, 0.29) is 16.8 Å². The molecular weight excluding hydrogens is 414 g/mol. The Bertz CT molecular complexity index is 983. The van der Waals surface area contributed by atoms with Crippen LogP contribution in [0.3, 0.4) is 0 Å². The highest BCUT2D eigenvalue weighted by Gasteiger charge is 2.67. The predicted octanol–water partition coefficient (Wildman–Crippen LogP) is 5.37. The van der Waals surface area contributed by atoms with Gasteiger partial charge in [-0.2, -0.15) is 0 Å². The molecule has 6 nitrogen and oxygen atoms in total. The lowest BCUT2D eigenvalue weighted by Crippen LogP contribution is -2.55. The van der Waals surface area contributed by atoms with Crippen LogP contribution in [0.4, 0.5) is 0 Å². The first kappa shape index (κ1) is 22.8. The summed E-state index contributed by atoms with van der Waals surface area (Å²) in [5.41, 5.74) is 1.54. The van der Waals surface area contributed by atoms with E-state index in [9.17, 15) is 9.59 Å². The van der Waals surface area contributed by atoms with Crippen molar-refractivity contribution in [3.05, 3.63) is 23.5 Å². The minimum absolute atomic E-state index is 0.145. The van der Waals surface area contributed by atoms with Gasteiger partial charge in [-0.1, -0.05) is 38.0 Å². The summed E-state index contributed by atoms with van der Waals surface area (Å²) in [6.45, 7) is 9.32. The lowest BCUT2D eigenvalue weighted by molar-refractivity contribution is -0.186. The highest BCUT2D eigenvalue weighted by molar-refractivity contribution is 5.91. The van der Waals surface area contributed by atoms with Gasteiger partial charge in [-0.25, -0.2) is 0 Å². The molecule has 180 valence electrons. The van der Waals surface area contributed by atoms with Crippen molar-refractivity contribution in [1.82, 2.24) is 15.0 Å². The third-order valence-corrected chi connectivity index (χ3v) is 10.1. The number of allylic oxidation sites excluding steroid dienone is 1. The zero-order valence-electron chi connectivity index (χ0n) is 20.7. The van der Waals surface area contributed by atoms with E-state index >= 15 is 0 Å². The van der Waals surface area contributed by atoms with E-state index in [2.05, 4.69) is 31.1 Å². The number of carbonyl (C=O) groups is 2. The molecule has 0 spiro atoms. The highest BCUT2D eigenvalue weighted by atomic mass is 16.6. The van der Waals surface area contributed by atoms with Crippen LogP contribution in [0.15, 0.2) is 17.8 Å². The molecule has 3 unspecified atom stereocenters. The molecule has 4 aliphatic rings. The molecule has 0 bridgehead atoms. The molecule has 1 aromatic rings. The van der Waals surface area contributed by atoms with E-state index < -0.39 is 5.60 Å². The maximum absolute atomic E-state index is 12.4. The molecule has 1 aromatic heterocycles. The summed E-state index contributed by atoms with van der Waals surface area (Å²) >= 11 is 0. The van der Waals surface area contributed by atoms with Crippen LogP contribution in [0.1, 0.15) is 97.6 Å². The normalized spacial score (nSPS) is 39.9. The Kier molecular flexibility index (Phi) is 5.56. The Morgan fingerprint density at radius 3 is 2.70 bits per heavy atom. The Balaban J connectivity index is 1.50. The monoisotopic (exact) mass is 453 g/mol. The third-order valence-electron chi connectivity index (χ3n) is 10.1. The fraction of sp³-hybridized carbons (Fsp3) is 0.778. The van der Waals surface area contributed by atoms with Gasteiger partial charge in [0, 0.05) is 25.3 Å². The van der Waals surface area contributed by atoms with Crippen LogP contribution in [-0.2, 0) is 26.5 Å². The van der Waals surface area contributed by atoms with E-state index in [1.165, 1.54) is 12.5 Å². The zero-order valence-corrected chi connectivity index (χ0v) is 20.7. The van der Waals surface area contributed by atoms with Crippen LogP contribution < -0.4 is 0 Å². The van der Waals surface area contributed by atoms with Crippen molar-refractivity contribution in [1.29, 1.82) is 0 Å². The van der Waals surface area contributed by atoms with Crippen molar-refractivity contribution < 1.29 is 14.3 Å². The van der Waals surface area contributed by atoms with Gasteiger partial charge in [0.2, 0.25) is 0 Å². The maximum Gasteiger partial charge on any atom is 0.303 e. The van der Waals surface area contributed by atoms with Crippen molar-refractivity contribution in [3.63, 3.8) is 0 Å². The zero-order chi connectivity index (χ0) is 23.4. The van der Waals surface area contributed by atoms with Gasteiger partial charge in [0.05, 0.1) is 6.20 Å². The number of hydrogen-bond donors (Lipinski definition) is 0. The number of aryl methyl sites for hydroxylation is 1. The molecular formula is C27H39N3O3. The molecule has 0 radical (unpaired) electrons. The summed E-state index contributed by atoms with van der Waals surface area (Å²) in [6.07, 6.45) is 14.0. The summed E-state index contributed by atoms with van der Waals surface area (Å²) in [6, 6.07) is 0. The van der Waals surface area contributed by atoms with Crippen LogP contribution in [0.5, 0.6) is 0 Å². The van der Waals surface area contributed by atoms with Gasteiger partial charge < -0.3 is 4.74 Å². The van der Waals surface area contributed by atoms with Gasteiger partial charge in [-0.05, 0) is 80.6 Å². The molecule has 6 heteroatoms. The molecule has 3 saturated carbocycles. The maximum atomic E-state index is 12.4. The number of nitrogens with zero attached hydrogens (tertiary/aromatic N) is 3. The number of hydrogen-bond acceptors (Lipinski definition) is 5. The molecule has 33 heavy (non-hydrogen) atoms. The standard InChI is InChI=1S/C27H39N3O3/c1-5-6-15-30-17-24(28-29-30)27(33-18(2)31)14-11-23-21-8-7-19-16-20(32)9-12-25(19,3)22(21)10-13-26(23,27)4/h16-17,21-23H,5-15H2,1-4H3/t21?,22?,23?,25-,26-,27+/m0/s1. The van der Waals surface area contributed by atoms with Crippen molar-refractivity contribution in [2.75, 3.05) is 0 Å². The van der Waals surface area contributed by atoms with Crippen molar-refractivity contribution in [2.45, 2.75) is 104 Å². The van der Waals surface area contributed by atoms with Crippen molar-refractivity contribution >= 4 is 11.8 Å². The Morgan fingerprint density at radius 1 is 1.15 bits per heavy atom. The number of esters is 1. The second-order valence-corrected chi connectivity index (χ2v) is 11.6. The largest absolute Gasteiger partial charge is 0.452 e. The molecule has 5 rings (SSSR count). The Labute approximate surface area is 197 Å². The number of unbranched alkanes of at least 4 members (excludes halogenated alkanes) is 1. The molecule has 0 N–H and O–H groups in total. The van der Waals surface area contributed by atoms with E-state index in [1.54, 1.807) is 0 Å². The number of ether oxygens (including phenoxy) is 1. The molecule has 1 heterocycles. The van der Waals surface area contributed by atoms with Crippen LogP contribution in [-0.4, -0.2) is 26.7 Å². The fourth-order valence-corrected chi connectivity index (χ4v) is 8.36. The molecule has 6 atom stereocenters. The average Bonchev–Trinajstić information content (AvgIpc) is 3.36. The van der Waals surface area contributed by atoms with Crippen LogP contribution >= 0.6 is 0 Å². The first-order chi connectivity index (χ1) is 15.7. The van der Waals surface area contributed by atoms with E-state index in [0.717, 1.165) is 70.0 Å². The SMILES string of the molecule is CCCCn1cc([C@]2(OC(C)=O)CCC3C4CCC5=CC(=O)CC[C@]5(C)C4CC[C@@]32C)nn1. The third kappa shape index (κ3) is 3.34.